The molecular weight excluding hydrogens is 262 g/mol. The summed E-state index contributed by atoms with van der Waals surface area (Å²) < 4.78 is 11.3. The lowest BCUT2D eigenvalue weighted by atomic mass is 10.3. The van der Waals surface area contributed by atoms with Gasteiger partial charge in [-0.1, -0.05) is 12.1 Å². The Kier molecular flexibility index (Phi) is 3.11. The number of ether oxygens (including phenoxy) is 2. The number of rotatable bonds is 3. The van der Waals surface area contributed by atoms with Crippen molar-refractivity contribution < 1.29 is 14.3 Å². The van der Waals surface area contributed by atoms with Crippen LogP contribution < -0.4 is 10.1 Å². The Morgan fingerprint density at radius 2 is 2.33 bits per heavy atom. The Morgan fingerprint density at radius 3 is 3.00 bits per heavy atom. The van der Waals surface area contributed by atoms with Crippen molar-refractivity contribution in [1.82, 2.24) is 5.32 Å². The van der Waals surface area contributed by atoms with Gasteiger partial charge in [0.25, 0.3) is 0 Å². The van der Waals surface area contributed by atoms with Gasteiger partial charge in [0.2, 0.25) is 0 Å². The molecule has 1 aliphatic heterocycles. The van der Waals surface area contributed by atoms with E-state index in [1.807, 2.05) is 24.3 Å². The molecule has 0 bridgehead atoms. The van der Waals surface area contributed by atoms with Crippen LogP contribution in [0.25, 0.3) is 0 Å². The van der Waals surface area contributed by atoms with Gasteiger partial charge in [0.15, 0.2) is 6.10 Å². The fourth-order valence-corrected chi connectivity index (χ4v) is 1.67. The first-order valence-electron chi connectivity index (χ1n) is 4.57. The van der Waals surface area contributed by atoms with Crippen LogP contribution in [-0.4, -0.2) is 25.3 Å². The molecule has 1 aromatic carbocycles. The Morgan fingerprint density at radius 1 is 1.53 bits per heavy atom. The first-order valence-corrected chi connectivity index (χ1v) is 5.37. The SMILES string of the molecule is O=C1NCC(COc2ccccc2Br)O1. The van der Waals surface area contributed by atoms with Crippen LogP contribution in [-0.2, 0) is 4.74 Å². The maximum Gasteiger partial charge on any atom is 0.407 e. The monoisotopic (exact) mass is 271 g/mol. The van der Waals surface area contributed by atoms with Gasteiger partial charge in [-0.25, -0.2) is 4.79 Å². The molecular formula is C10H10BrNO3. The third-order valence-corrected chi connectivity index (χ3v) is 2.66. The predicted molar refractivity (Wildman–Crippen MR) is 57.9 cm³/mol. The van der Waals surface area contributed by atoms with Crippen molar-refractivity contribution in [2.45, 2.75) is 6.10 Å². The van der Waals surface area contributed by atoms with E-state index in [0.29, 0.717) is 13.2 Å². The second-order valence-corrected chi connectivity index (χ2v) is 4.00. The Balaban J connectivity index is 1.88. The third-order valence-electron chi connectivity index (χ3n) is 2.01. The first kappa shape index (κ1) is 10.3. The van der Waals surface area contributed by atoms with E-state index < -0.39 is 0 Å². The van der Waals surface area contributed by atoms with Crippen LogP contribution in [0, 0.1) is 0 Å². The van der Waals surface area contributed by atoms with Crippen molar-refractivity contribution in [1.29, 1.82) is 0 Å². The number of hydrogen-bond acceptors (Lipinski definition) is 3. The lowest BCUT2D eigenvalue weighted by Crippen LogP contribution is -2.22. The zero-order chi connectivity index (χ0) is 10.7. The summed E-state index contributed by atoms with van der Waals surface area (Å²) in [7, 11) is 0. The fourth-order valence-electron chi connectivity index (χ4n) is 1.27. The zero-order valence-electron chi connectivity index (χ0n) is 7.90. The standard InChI is InChI=1S/C10H10BrNO3/c11-8-3-1-2-4-9(8)14-6-7-5-12-10(13)15-7/h1-4,7H,5-6H2,(H,12,13). The Bertz CT molecular complexity index is 369. The second-order valence-electron chi connectivity index (χ2n) is 3.15. The molecule has 1 aromatic rings. The van der Waals surface area contributed by atoms with E-state index in [0.717, 1.165) is 10.2 Å². The van der Waals surface area contributed by atoms with Crippen LogP contribution in [0.5, 0.6) is 5.75 Å². The zero-order valence-corrected chi connectivity index (χ0v) is 9.49. The summed E-state index contributed by atoms with van der Waals surface area (Å²) in [4.78, 5) is 10.7. The molecule has 2 rings (SSSR count). The van der Waals surface area contributed by atoms with Crippen LogP contribution in [0.4, 0.5) is 4.79 Å². The van der Waals surface area contributed by atoms with Crippen molar-refractivity contribution >= 4 is 22.0 Å². The molecule has 0 spiro atoms. The molecule has 1 fully saturated rings. The molecule has 1 unspecified atom stereocenters. The van der Waals surface area contributed by atoms with Gasteiger partial charge >= 0.3 is 6.09 Å². The van der Waals surface area contributed by atoms with E-state index >= 15 is 0 Å². The molecule has 1 heterocycles. The number of hydrogen-bond donors (Lipinski definition) is 1. The van der Waals surface area contributed by atoms with Crippen LogP contribution in [0.15, 0.2) is 28.7 Å². The highest BCUT2D eigenvalue weighted by Gasteiger charge is 2.22. The summed E-state index contributed by atoms with van der Waals surface area (Å²) in [5.74, 6) is 0.750. The summed E-state index contributed by atoms with van der Waals surface area (Å²) in [6.07, 6.45) is -0.583. The molecule has 0 aromatic heterocycles. The summed E-state index contributed by atoms with van der Waals surface area (Å²) in [5.41, 5.74) is 0. The molecule has 1 saturated heterocycles. The summed E-state index contributed by atoms with van der Waals surface area (Å²) in [6.45, 7) is 0.866. The maximum atomic E-state index is 10.7. The molecule has 0 radical (unpaired) electrons. The number of para-hydroxylation sites is 1. The predicted octanol–water partition coefficient (Wildman–Crippen LogP) is 1.94. The molecule has 5 heteroatoms. The largest absolute Gasteiger partial charge is 0.488 e. The molecule has 1 atom stereocenters. The maximum absolute atomic E-state index is 10.7. The van der Waals surface area contributed by atoms with Crippen molar-refractivity contribution in [3.63, 3.8) is 0 Å². The van der Waals surface area contributed by atoms with E-state index in [1.54, 1.807) is 0 Å². The smallest absolute Gasteiger partial charge is 0.407 e. The molecule has 15 heavy (non-hydrogen) atoms. The van der Waals surface area contributed by atoms with Gasteiger partial charge in [-0.15, -0.1) is 0 Å². The van der Waals surface area contributed by atoms with Gasteiger partial charge in [0, 0.05) is 0 Å². The second kappa shape index (κ2) is 4.53. The van der Waals surface area contributed by atoms with Crippen LogP contribution in [0.2, 0.25) is 0 Å². The van der Waals surface area contributed by atoms with Gasteiger partial charge < -0.3 is 14.8 Å². The minimum atomic E-state index is -0.379. The molecule has 4 nitrogen and oxygen atoms in total. The normalized spacial score (nSPS) is 19.5. The van der Waals surface area contributed by atoms with Crippen molar-refractivity contribution in [3.8, 4) is 5.75 Å². The van der Waals surface area contributed by atoms with Crippen molar-refractivity contribution in [2.24, 2.45) is 0 Å². The third kappa shape index (κ3) is 2.62. The van der Waals surface area contributed by atoms with Crippen LogP contribution in [0.1, 0.15) is 0 Å². The number of nitrogens with one attached hydrogen (secondary N) is 1. The summed E-state index contributed by atoms with van der Waals surface area (Å²) >= 11 is 3.37. The Labute approximate surface area is 95.7 Å². The first-order chi connectivity index (χ1) is 7.25. The minimum Gasteiger partial charge on any atom is -0.488 e. The van der Waals surface area contributed by atoms with Crippen molar-refractivity contribution in [2.75, 3.05) is 13.2 Å². The minimum absolute atomic E-state index is 0.204. The van der Waals surface area contributed by atoms with Gasteiger partial charge in [0.05, 0.1) is 11.0 Å². The summed E-state index contributed by atoms with van der Waals surface area (Å²) in [5, 5.41) is 2.57. The van der Waals surface area contributed by atoms with Gasteiger partial charge in [-0.2, -0.15) is 0 Å². The molecule has 80 valence electrons. The molecule has 1 N–H and O–H groups in total. The number of amides is 1. The Hall–Kier alpha value is -1.23. The number of carbonyl (C=O) groups excluding carboxylic acids is 1. The number of cyclic esters (lactones) is 1. The topological polar surface area (TPSA) is 47.6 Å². The number of benzene rings is 1. The van der Waals surface area contributed by atoms with Gasteiger partial charge in [0.1, 0.15) is 12.4 Å². The van der Waals surface area contributed by atoms with Gasteiger partial charge in [-0.05, 0) is 28.1 Å². The molecule has 0 saturated carbocycles. The lowest BCUT2D eigenvalue weighted by Gasteiger charge is -2.11. The average molecular weight is 272 g/mol. The van der Waals surface area contributed by atoms with Gasteiger partial charge in [-0.3, -0.25) is 0 Å². The highest BCUT2D eigenvalue weighted by atomic mass is 79.9. The highest BCUT2D eigenvalue weighted by molar-refractivity contribution is 9.10. The van der Waals surface area contributed by atoms with E-state index in [2.05, 4.69) is 21.2 Å². The number of carbonyl (C=O) groups is 1. The number of halogens is 1. The lowest BCUT2D eigenvalue weighted by molar-refractivity contribution is 0.104. The molecule has 1 amide bonds. The van der Waals surface area contributed by atoms with E-state index in [1.165, 1.54) is 0 Å². The quantitative estimate of drug-likeness (QED) is 0.914. The van der Waals surface area contributed by atoms with Crippen LogP contribution >= 0.6 is 15.9 Å². The van der Waals surface area contributed by atoms with Crippen LogP contribution in [0.3, 0.4) is 0 Å². The average Bonchev–Trinajstić information content (AvgIpc) is 2.63. The molecule has 1 aliphatic rings. The van der Waals surface area contributed by atoms with Crippen molar-refractivity contribution in [3.05, 3.63) is 28.7 Å². The highest BCUT2D eigenvalue weighted by Crippen LogP contribution is 2.24. The number of alkyl carbamates (subject to hydrolysis) is 1. The summed E-state index contributed by atoms with van der Waals surface area (Å²) in [6, 6.07) is 7.55. The molecule has 0 aliphatic carbocycles. The van der Waals surface area contributed by atoms with E-state index in [4.69, 9.17) is 9.47 Å². The van der Waals surface area contributed by atoms with E-state index in [9.17, 15) is 4.79 Å². The fraction of sp³-hybridized carbons (Fsp3) is 0.300. The van der Waals surface area contributed by atoms with E-state index in [-0.39, 0.29) is 12.2 Å².